The topological polar surface area (TPSA) is 76.8 Å². The number of nitrogens with one attached hydrogen (secondary N) is 1. The number of carbonyl (C=O) groups is 1. The van der Waals surface area contributed by atoms with Gasteiger partial charge in [-0.25, -0.2) is 0 Å². The van der Waals surface area contributed by atoms with Crippen LogP contribution in [0.4, 0.5) is 0 Å². The van der Waals surface area contributed by atoms with Gasteiger partial charge in [-0.15, -0.1) is 0 Å². The summed E-state index contributed by atoms with van der Waals surface area (Å²) in [5.74, 6) is 2.51. The highest BCUT2D eigenvalue weighted by Gasteiger charge is 2.48. The van der Waals surface area contributed by atoms with Gasteiger partial charge in [-0.2, -0.15) is 0 Å². The van der Waals surface area contributed by atoms with Crippen LogP contribution >= 0.6 is 0 Å². The highest BCUT2D eigenvalue weighted by Crippen LogP contribution is 2.47. The summed E-state index contributed by atoms with van der Waals surface area (Å²) in [4.78, 5) is 15.0. The van der Waals surface area contributed by atoms with E-state index in [0.717, 1.165) is 43.8 Å². The van der Waals surface area contributed by atoms with Gasteiger partial charge in [-0.1, -0.05) is 19.9 Å². The van der Waals surface area contributed by atoms with Gasteiger partial charge >= 0.3 is 0 Å². The fourth-order valence-corrected chi connectivity index (χ4v) is 4.80. The predicted octanol–water partition coefficient (Wildman–Crippen LogP) is 2.41. The van der Waals surface area contributed by atoms with E-state index in [4.69, 9.17) is 15.2 Å². The van der Waals surface area contributed by atoms with Crippen LogP contribution in [-0.2, 0) is 11.3 Å². The molecule has 2 fully saturated rings. The largest absolute Gasteiger partial charge is 0.493 e. The third kappa shape index (κ3) is 4.61. The van der Waals surface area contributed by atoms with Crippen molar-refractivity contribution in [2.75, 3.05) is 33.4 Å². The molecule has 4 unspecified atom stereocenters. The summed E-state index contributed by atoms with van der Waals surface area (Å²) in [6.07, 6.45) is 3.44. The van der Waals surface area contributed by atoms with Crippen molar-refractivity contribution in [1.82, 2.24) is 10.2 Å². The van der Waals surface area contributed by atoms with E-state index in [1.165, 1.54) is 6.42 Å². The second-order valence-corrected chi connectivity index (χ2v) is 8.01. The van der Waals surface area contributed by atoms with Crippen molar-refractivity contribution in [1.29, 1.82) is 0 Å². The summed E-state index contributed by atoms with van der Waals surface area (Å²) in [7, 11) is 1.64. The fraction of sp³-hybridized carbons (Fsp3) is 0.682. The Labute approximate surface area is 168 Å². The number of nitrogens with two attached hydrogens (primary N) is 1. The van der Waals surface area contributed by atoms with Crippen molar-refractivity contribution >= 4 is 5.91 Å². The maximum absolute atomic E-state index is 12.7. The number of methoxy groups -OCH3 is 1. The second kappa shape index (κ2) is 9.61. The minimum absolute atomic E-state index is 0.0230. The van der Waals surface area contributed by atoms with Crippen LogP contribution in [0.15, 0.2) is 18.2 Å². The number of carbonyl (C=O) groups excluding carboxylic acids is 1. The van der Waals surface area contributed by atoms with Gasteiger partial charge in [0.2, 0.25) is 5.91 Å². The number of ether oxygens (including phenoxy) is 2. The Morgan fingerprint density at radius 2 is 1.96 bits per heavy atom. The summed E-state index contributed by atoms with van der Waals surface area (Å²) < 4.78 is 11.4. The molecule has 3 N–H and O–H groups in total. The van der Waals surface area contributed by atoms with Gasteiger partial charge in [0.15, 0.2) is 11.5 Å². The van der Waals surface area contributed by atoms with Crippen molar-refractivity contribution in [2.24, 2.45) is 23.5 Å². The molecule has 0 saturated heterocycles. The van der Waals surface area contributed by atoms with Crippen LogP contribution < -0.4 is 20.5 Å². The van der Waals surface area contributed by atoms with Crippen LogP contribution in [0.2, 0.25) is 0 Å². The number of likely N-dealkylation sites (N-methyl/N-ethyl adjacent to an activating group) is 1. The lowest BCUT2D eigenvalue weighted by Crippen LogP contribution is -2.45. The normalized spacial score (nSPS) is 25.9. The van der Waals surface area contributed by atoms with Crippen LogP contribution in [-0.4, -0.2) is 50.2 Å². The lowest BCUT2D eigenvalue weighted by molar-refractivity contribution is -0.127. The average molecular weight is 390 g/mol. The molecule has 2 bridgehead atoms. The summed E-state index contributed by atoms with van der Waals surface area (Å²) in [6.45, 7) is 8.32. The van der Waals surface area contributed by atoms with E-state index in [-0.39, 0.29) is 17.9 Å². The van der Waals surface area contributed by atoms with Gasteiger partial charge in [0.25, 0.3) is 0 Å². The lowest BCUT2D eigenvalue weighted by Gasteiger charge is -2.27. The maximum Gasteiger partial charge on any atom is 0.225 e. The number of fused-ring (bicyclic) bond motifs is 2. The second-order valence-electron chi connectivity index (χ2n) is 8.01. The SMILES string of the molecule is CCN(CC)CCOc1ccc(CNC(=O)C2C3CCC(C3)C2N)cc1OC. The number of hydrogen-bond donors (Lipinski definition) is 2. The smallest absolute Gasteiger partial charge is 0.225 e. The summed E-state index contributed by atoms with van der Waals surface area (Å²) in [6, 6.07) is 5.87. The van der Waals surface area contributed by atoms with E-state index < -0.39 is 0 Å². The zero-order chi connectivity index (χ0) is 20.1. The van der Waals surface area contributed by atoms with Gasteiger partial charge in [0.05, 0.1) is 13.0 Å². The first-order valence-electron chi connectivity index (χ1n) is 10.6. The molecule has 3 rings (SSSR count). The molecule has 1 amide bonds. The number of amides is 1. The highest BCUT2D eigenvalue weighted by molar-refractivity contribution is 5.80. The monoisotopic (exact) mass is 389 g/mol. The van der Waals surface area contributed by atoms with Crippen LogP contribution in [0, 0.1) is 17.8 Å². The summed E-state index contributed by atoms with van der Waals surface area (Å²) in [5, 5.41) is 3.08. The third-order valence-electron chi connectivity index (χ3n) is 6.54. The van der Waals surface area contributed by atoms with Gasteiger partial charge in [-0.05, 0) is 61.9 Å². The minimum Gasteiger partial charge on any atom is -0.493 e. The van der Waals surface area contributed by atoms with E-state index in [0.29, 0.717) is 30.7 Å². The standard InChI is InChI=1S/C22H35N3O3/c1-4-25(5-2)10-11-28-18-9-6-15(12-19(18)27-3)14-24-22(26)20-16-7-8-17(13-16)21(20)23/h6,9,12,16-17,20-21H,4-5,7-8,10-11,13-14,23H2,1-3H3,(H,24,26). The Morgan fingerprint density at radius 1 is 1.21 bits per heavy atom. The molecule has 2 saturated carbocycles. The predicted molar refractivity (Wildman–Crippen MR) is 110 cm³/mol. The first kappa shape index (κ1) is 20.9. The minimum atomic E-state index is -0.0247. The zero-order valence-electron chi connectivity index (χ0n) is 17.4. The molecule has 1 aromatic rings. The van der Waals surface area contributed by atoms with Crippen LogP contribution in [0.25, 0.3) is 0 Å². The van der Waals surface area contributed by atoms with E-state index >= 15 is 0 Å². The van der Waals surface area contributed by atoms with Crippen molar-refractivity contribution in [3.05, 3.63) is 23.8 Å². The molecule has 4 atom stereocenters. The lowest BCUT2D eigenvalue weighted by atomic mass is 9.84. The molecule has 0 spiro atoms. The first-order valence-corrected chi connectivity index (χ1v) is 10.6. The fourth-order valence-electron chi connectivity index (χ4n) is 4.80. The number of benzene rings is 1. The Balaban J connectivity index is 1.52. The molecule has 0 radical (unpaired) electrons. The van der Waals surface area contributed by atoms with E-state index in [1.54, 1.807) is 7.11 Å². The van der Waals surface area contributed by atoms with Crippen molar-refractivity contribution in [3.63, 3.8) is 0 Å². The molecule has 28 heavy (non-hydrogen) atoms. The summed E-state index contributed by atoms with van der Waals surface area (Å²) in [5.41, 5.74) is 7.28. The van der Waals surface area contributed by atoms with Gasteiger partial charge in [0, 0.05) is 19.1 Å². The highest BCUT2D eigenvalue weighted by atomic mass is 16.5. The Kier molecular flexibility index (Phi) is 7.18. The molecular formula is C22H35N3O3. The van der Waals surface area contributed by atoms with Crippen molar-refractivity contribution in [3.8, 4) is 11.5 Å². The molecule has 6 heteroatoms. The van der Waals surface area contributed by atoms with Gasteiger partial charge in [-0.3, -0.25) is 4.79 Å². The molecule has 2 aliphatic carbocycles. The quantitative estimate of drug-likeness (QED) is 0.643. The third-order valence-corrected chi connectivity index (χ3v) is 6.54. The van der Waals surface area contributed by atoms with E-state index in [9.17, 15) is 4.79 Å². The van der Waals surface area contributed by atoms with Gasteiger partial charge < -0.3 is 25.4 Å². The first-order chi connectivity index (χ1) is 13.6. The molecular weight excluding hydrogens is 354 g/mol. The molecule has 0 heterocycles. The molecule has 0 aliphatic heterocycles. The maximum atomic E-state index is 12.7. The molecule has 1 aromatic carbocycles. The van der Waals surface area contributed by atoms with Crippen LogP contribution in [0.1, 0.15) is 38.7 Å². The zero-order valence-corrected chi connectivity index (χ0v) is 17.4. The number of nitrogens with zero attached hydrogens (tertiary/aromatic N) is 1. The summed E-state index contributed by atoms with van der Waals surface area (Å²) >= 11 is 0. The van der Waals surface area contributed by atoms with Gasteiger partial charge in [0.1, 0.15) is 6.61 Å². The van der Waals surface area contributed by atoms with Crippen molar-refractivity contribution in [2.45, 2.75) is 45.7 Å². The molecule has 0 aromatic heterocycles. The van der Waals surface area contributed by atoms with E-state index in [2.05, 4.69) is 24.1 Å². The van der Waals surface area contributed by atoms with Crippen LogP contribution in [0.5, 0.6) is 11.5 Å². The average Bonchev–Trinajstić information content (AvgIpc) is 3.31. The Morgan fingerprint density at radius 3 is 2.61 bits per heavy atom. The van der Waals surface area contributed by atoms with Crippen molar-refractivity contribution < 1.29 is 14.3 Å². The molecule has 6 nitrogen and oxygen atoms in total. The van der Waals surface area contributed by atoms with Crippen LogP contribution in [0.3, 0.4) is 0 Å². The number of hydrogen-bond acceptors (Lipinski definition) is 5. The Hall–Kier alpha value is -1.79. The van der Waals surface area contributed by atoms with E-state index in [1.807, 2.05) is 18.2 Å². The molecule has 2 aliphatic rings. The Bertz CT molecular complexity index is 660. The molecule has 156 valence electrons. The number of rotatable bonds is 10.